The van der Waals surface area contributed by atoms with E-state index in [2.05, 4.69) is 25.7 Å². The summed E-state index contributed by atoms with van der Waals surface area (Å²) in [4.78, 5) is 14.4. The van der Waals surface area contributed by atoms with Crippen LogP contribution in [-0.2, 0) is 0 Å². The van der Waals surface area contributed by atoms with Crippen LogP contribution in [0, 0.1) is 6.92 Å². The number of nitrogens with one attached hydrogen (secondary N) is 2. The number of carbonyl (C=O) groups excluding carboxylic acids is 1. The number of halogens is 1. The summed E-state index contributed by atoms with van der Waals surface area (Å²) in [6.07, 6.45) is 1.00. The zero-order chi connectivity index (χ0) is 17.5. The number of nitrogens with zero attached hydrogens (tertiary/aromatic N) is 3. The molecule has 0 aliphatic carbocycles. The van der Waals surface area contributed by atoms with Crippen molar-refractivity contribution in [3.05, 3.63) is 46.6 Å². The molecule has 1 aromatic carbocycles. The highest BCUT2D eigenvalue weighted by atomic mass is 35.5. The second-order valence-corrected chi connectivity index (χ2v) is 6.24. The molecule has 0 atom stereocenters. The van der Waals surface area contributed by atoms with E-state index < -0.39 is 0 Å². The molecule has 1 heterocycles. The maximum absolute atomic E-state index is 12.2. The van der Waals surface area contributed by atoms with Gasteiger partial charge in [-0.3, -0.25) is 4.79 Å². The zero-order valence-corrected chi connectivity index (χ0v) is 14.9. The predicted octanol–water partition coefficient (Wildman–Crippen LogP) is 3.05. The van der Waals surface area contributed by atoms with E-state index in [0.29, 0.717) is 16.5 Å². The van der Waals surface area contributed by atoms with Crippen molar-refractivity contribution in [2.24, 2.45) is 0 Å². The molecule has 0 aliphatic heterocycles. The summed E-state index contributed by atoms with van der Waals surface area (Å²) in [5.41, 5.74) is 1.85. The van der Waals surface area contributed by atoms with Gasteiger partial charge >= 0.3 is 0 Å². The van der Waals surface area contributed by atoms with Crippen LogP contribution in [0.3, 0.4) is 0 Å². The second-order valence-electron chi connectivity index (χ2n) is 5.80. The topological polar surface area (TPSA) is 70.2 Å². The minimum absolute atomic E-state index is 0.258. The van der Waals surface area contributed by atoms with E-state index in [9.17, 15) is 4.79 Å². The van der Waals surface area contributed by atoms with Crippen molar-refractivity contribution in [1.29, 1.82) is 0 Å². The largest absolute Gasteiger partial charge is 0.369 e. The Labute approximate surface area is 147 Å². The number of amides is 1. The number of hydrogen-bond acceptors (Lipinski definition) is 5. The lowest BCUT2D eigenvalue weighted by Gasteiger charge is -2.10. The summed E-state index contributed by atoms with van der Waals surface area (Å²) >= 11 is 5.96. The fourth-order valence-corrected chi connectivity index (χ4v) is 2.25. The lowest BCUT2D eigenvalue weighted by molar-refractivity contribution is 0.102. The van der Waals surface area contributed by atoms with Gasteiger partial charge in [-0.2, -0.15) is 0 Å². The van der Waals surface area contributed by atoms with Crippen LogP contribution >= 0.6 is 11.6 Å². The highest BCUT2D eigenvalue weighted by molar-refractivity contribution is 6.31. The van der Waals surface area contributed by atoms with Crippen molar-refractivity contribution in [2.45, 2.75) is 13.3 Å². The molecule has 0 unspecified atom stereocenters. The van der Waals surface area contributed by atoms with Crippen LogP contribution < -0.4 is 10.6 Å². The first kappa shape index (κ1) is 18.2. The van der Waals surface area contributed by atoms with Crippen molar-refractivity contribution in [3.8, 4) is 0 Å². The third-order valence-electron chi connectivity index (χ3n) is 3.43. The number of anilines is 2. The third kappa shape index (κ3) is 5.47. The first-order chi connectivity index (χ1) is 11.5. The molecule has 0 fully saturated rings. The Kier molecular flexibility index (Phi) is 6.52. The molecule has 6 nitrogen and oxygen atoms in total. The molecule has 2 rings (SSSR count). The fourth-order valence-electron chi connectivity index (χ4n) is 2.07. The average molecular weight is 348 g/mol. The highest BCUT2D eigenvalue weighted by Crippen LogP contribution is 2.20. The summed E-state index contributed by atoms with van der Waals surface area (Å²) in [6, 6.07) is 8.75. The van der Waals surface area contributed by atoms with Crippen LogP contribution in [0.2, 0.25) is 5.02 Å². The zero-order valence-electron chi connectivity index (χ0n) is 14.1. The van der Waals surface area contributed by atoms with Gasteiger partial charge in [0.2, 0.25) is 0 Å². The van der Waals surface area contributed by atoms with Gasteiger partial charge in [-0.05, 0) is 63.8 Å². The smallest absolute Gasteiger partial charge is 0.276 e. The van der Waals surface area contributed by atoms with Crippen molar-refractivity contribution >= 4 is 29.0 Å². The summed E-state index contributed by atoms with van der Waals surface area (Å²) in [5.74, 6) is 0.344. The number of carbonyl (C=O) groups is 1. The minimum Gasteiger partial charge on any atom is -0.369 e. The minimum atomic E-state index is -0.313. The van der Waals surface area contributed by atoms with Gasteiger partial charge in [-0.15, -0.1) is 10.2 Å². The molecule has 0 spiro atoms. The van der Waals surface area contributed by atoms with E-state index in [-0.39, 0.29) is 11.6 Å². The van der Waals surface area contributed by atoms with Gasteiger partial charge < -0.3 is 15.5 Å². The molecule has 1 amide bonds. The molecule has 24 heavy (non-hydrogen) atoms. The predicted molar refractivity (Wildman–Crippen MR) is 97.8 cm³/mol. The van der Waals surface area contributed by atoms with Crippen LogP contribution in [-0.4, -0.2) is 48.2 Å². The monoisotopic (exact) mass is 347 g/mol. The Balaban J connectivity index is 1.92. The number of benzene rings is 1. The summed E-state index contributed by atoms with van der Waals surface area (Å²) in [5, 5.41) is 14.6. The molecule has 2 N–H and O–H groups in total. The van der Waals surface area contributed by atoms with Crippen LogP contribution in [0.15, 0.2) is 30.3 Å². The van der Waals surface area contributed by atoms with Crippen molar-refractivity contribution < 1.29 is 4.79 Å². The van der Waals surface area contributed by atoms with E-state index in [4.69, 9.17) is 11.6 Å². The van der Waals surface area contributed by atoms with Crippen LogP contribution in [0.1, 0.15) is 22.5 Å². The summed E-state index contributed by atoms with van der Waals surface area (Å²) in [6.45, 7) is 3.71. The SMILES string of the molecule is Cc1ccc(Cl)cc1NC(=O)c1ccc(NCCCN(C)C)nn1. The van der Waals surface area contributed by atoms with Crippen molar-refractivity contribution in [1.82, 2.24) is 15.1 Å². The summed E-state index contributed by atoms with van der Waals surface area (Å²) < 4.78 is 0. The van der Waals surface area contributed by atoms with E-state index in [1.807, 2.05) is 27.1 Å². The van der Waals surface area contributed by atoms with Crippen molar-refractivity contribution in [2.75, 3.05) is 37.8 Å². The number of aryl methyl sites for hydroxylation is 1. The van der Waals surface area contributed by atoms with Gasteiger partial charge in [0, 0.05) is 17.3 Å². The van der Waals surface area contributed by atoms with Crippen LogP contribution in [0.4, 0.5) is 11.5 Å². The van der Waals surface area contributed by atoms with Crippen LogP contribution in [0.5, 0.6) is 0 Å². The molecule has 0 saturated heterocycles. The van der Waals surface area contributed by atoms with Gasteiger partial charge in [-0.1, -0.05) is 17.7 Å². The normalized spacial score (nSPS) is 10.7. The van der Waals surface area contributed by atoms with Gasteiger partial charge in [0.1, 0.15) is 5.82 Å². The number of hydrogen-bond donors (Lipinski definition) is 2. The van der Waals surface area contributed by atoms with E-state index in [1.54, 1.807) is 24.3 Å². The highest BCUT2D eigenvalue weighted by Gasteiger charge is 2.10. The lowest BCUT2D eigenvalue weighted by atomic mass is 10.2. The first-order valence-corrected chi connectivity index (χ1v) is 8.13. The quantitative estimate of drug-likeness (QED) is 0.753. The average Bonchev–Trinajstić information content (AvgIpc) is 2.55. The molecule has 2 aromatic rings. The Hall–Kier alpha value is -2.18. The van der Waals surface area contributed by atoms with E-state index in [0.717, 1.165) is 25.1 Å². The van der Waals surface area contributed by atoms with Crippen molar-refractivity contribution in [3.63, 3.8) is 0 Å². The Bertz CT molecular complexity index is 688. The summed E-state index contributed by atoms with van der Waals surface area (Å²) in [7, 11) is 4.07. The molecule has 7 heteroatoms. The molecular formula is C17H22ClN5O. The van der Waals surface area contributed by atoms with Gasteiger partial charge in [0.15, 0.2) is 5.69 Å². The Morgan fingerprint density at radius 3 is 2.67 bits per heavy atom. The molecule has 0 bridgehead atoms. The third-order valence-corrected chi connectivity index (χ3v) is 3.67. The van der Waals surface area contributed by atoms with E-state index >= 15 is 0 Å². The Morgan fingerprint density at radius 2 is 2.00 bits per heavy atom. The standard InChI is InChI=1S/C17H22ClN5O/c1-12-5-6-13(18)11-15(12)20-17(24)14-7-8-16(22-21-14)19-9-4-10-23(2)3/h5-8,11H,4,9-10H2,1-3H3,(H,19,22)(H,20,24). The number of rotatable bonds is 7. The lowest BCUT2D eigenvalue weighted by Crippen LogP contribution is -2.17. The molecule has 0 radical (unpaired) electrons. The second kappa shape index (κ2) is 8.61. The van der Waals surface area contributed by atoms with E-state index in [1.165, 1.54) is 0 Å². The first-order valence-electron chi connectivity index (χ1n) is 7.75. The molecule has 0 aliphatic rings. The van der Waals surface area contributed by atoms with Gasteiger partial charge in [-0.25, -0.2) is 0 Å². The van der Waals surface area contributed by atoms with Gasteiger partial charge in [0.05, 0.1) is 0 Å². The maximum Gasteiger partial charge on any atom is 0.276 e. The molecule has 0 saturated carbocycles. The molecule has 128 valence electrons. The fraction of sp³-hybridized carbons (Fsp3) is 0.353. The molecular weight excluding hydrogens is 326 g/mol. The molecule has 1 aromatic heterocycles. The Morgan fingerprint density at radius 1 is 1.21 bits per heavy atom. The maximum atomic E-state index is 12.2. The number of aromatic nitrogens is 2. The van der Waals surface area contributed by atoms with Gasteiger partial charge in [0.25, 0.3) is 5.91 Å². The van der Waals surface area contributed by atoms with Crippen LogP contribution in [0.25, 0.3) is 0 Å².